The molecular formula is C15H20N4O2. The van der Waals surface area contributed by atoms with Gasteiger partial charge in [0.15, 0.2) is 0 Å². The van der Waals surface area contributed by atoms with E-state index >= 15 is 0 Å². The van der Waals surface area contributed by atoms with Gasteiger partial charge in [-0.3, -0.25) is 9.59 Å². The summed E-state index contributed by atoms with van der Waals surface area (Å²) < 4.78 is 1.96. The Balaban J connectivity index is 2.29. The molecule has 0 bridgehead atoms. The lowest BCUT2D eigenvalue weighted by Crippen LogP contribution is -2.34. The standard InChI is InChI=1S/C15H20N4O2/c16-7-3-4-8-19-12-6-2-1-5-11(12)9-13(19)15(21)18-10-14(17)20/h1-2,5-6,9H,3-4,7-8,10,16H2,(H2,17,20)(H,18,21). The molecule has 1 aromatic heterocycles. The summed E-state index contributed by atoms with van der Waals surface area (Å²) in [5.41, 5.74) is 12.1. The van der Waals surface area contributed by atoms with Crippen LogP contribution >= 0.6 is 0 Å². The largest absolute Gasteiger partial charge is 0.368 e. The first kappa shape index (κ1) is 15.1. The van der Waals surface area contributed by atoms with Crippen molar-refractivity contribution in [3.63, 3.8) is 0 Å². The minimum atomic E-state index is -0.561. The molecule has 0 aliphatic rings. The highest BCUT2D eigenvalue weighted by atomic mass is 16.2. The Hall–Kier alpha value is -2.34. The number of aromatic nitrogens is 1. The zero-order valence-corrected chi connectivity index (χ0v) is 11.8. The van der Waals surface area contributed by atoms with Gasteiger partial charge in [-0.15, -0.1) is 0 Å². The van der Waals surface area contributed by atoms with Gasteiger partial charge >= 0.3 is 0 Å². The Morgan fingerprint density at radius 3 is 2.67 bits per heavy atom. The summed E-state index contributed by atoms with van der Waals surface area (Å²) in [4.78, 5) is 23.0. The highest BCUT2D eigenvalue weighted by Crippen LogP contribution is 2.20. The molecule has 2 amide bonds. The third-order valence-corrected chi connectivity index (χ3v) is 3.30. The van der Waals surface area contributed by atoms with Gasteiger partial charge in [-0.25, -0.2) is 0 Å². The van der Waals surface area contributed by atoms with E-state index in [0.717, 1.165) is 23.7 Å². The van der Waals surface area contributed by atoms with Gasteiger partial charge in [-0.1, -0.05) is 18.2 Å². The molecule has 6 heteroatoms. The van der Waals surface area contributed by atoms with Crippen LogP contribution in [0.2, 0.25) is 0 Å². The molecule has 0 fully saturated rings. The molecule has 0 aliphatic carbocycles. The van der Waals surface area contributed by atoms with Crippen molar-refractivity contribution in [1.29, 1.82) is 0 Å². The third kappa shape index (κ3) is 3.61. The van der Waals surface area contributed by atoms with Gasteiger partial charge in [0.1, 0.15) is 5.69 Å². The van der Waals surface area contributed by atoms with Crippen molar-refractivity contribution >= 4 is 22.7 Å². The van der Waals surface area contributed by atoms with Crippen molar-refractivity contribution in [2.24, 2.45) is 11.5 Å². The van der Waals surface area contributed by atoms with E-state index in [2.05, 4.69) is 5.32 Å². The molecule has 0 unspecified atom stereocenters. The summed E-state index contributed by atoms with van der Waals surface area (Å²) in [7, 11) is 0. The average Bonchev–Trinajstić information content (AvgIpc) is 2.84. The number of benzene rings is 1. The molecule has 2 aromatic rings. The van der Waals surface area contributed by atoms with Crippen molar-refractivity contribution in [2.45, 2.75) is 19.4 Å². The summed E-state index contributed by atoms with van der Waals surface area (Å²) in [6.45, 7) is 1.18. The molecule has 2 rings (SSSR count). The summed E-state index contributed by atoms with van der Waals surface area (Å²) in [6, 6.07) is 9.63. The van der Waals surface area contributed by atoms with E-state index in [-0.39, 0.29) is 12.5 Å². The molecule has 6 nitrogen and oxygen atoms in total. The molecule has 0 spiro atoms. The highest BCUT2D eigenvalue weighted by molar-refractivity contribution is 6.00. The molecule has 0 radical (unpaired) electrons. The highest BCUT2D eigenvalue weighted by Gasteiger charge is 2.15. The number of unbranched alkanes of at least 4 members (excludes halogenated alkanes) is 1. The van der Waals surface area contributed by atoms with Gasteiger partial charge in [-0.2, -0.15) is 0 Å². The molecule has 0 saturated heterocycles. The molecule has 0 saturated carbocycles. The van der Waals surface area contributed by atoms with Crippen LogP contribution in [0.4, 0.5) is 0 Å². The Bertz CT molecular complexity index is 648. The second-order valence-electron chi connectivity index (χ2n) is 4.88. The lowest BCUT2D eigenvalue weighted by molar-refractivity contribution is -0.117. The van der Waals surface area contributed by atoms with E-state index in [1.807, 2.05) is 34.9 Å². The van der Waals surface area contributed by atoms with Crippen LogP contribution in [0.15, 0.2) is 30.3 Å². The number of nitrogens with two attached hydrogens (primary N) is 2. The second kappa shape index (κ2) is 6.90. The number of carbonyl (C=O) groups is 2. The Morgan fingerprint density at radius 2 is 1.95 bits per heavy atom. The van der Waals surface area contributed by atoms with Crippen molar-refractivity contribution < 1.29 is 9.59 Å². The van der Waals surface area contributed by atoms with E-state index in [1.165, 1.54) is 0 Å². The number of hydrogen-bond donors (Lipinski definition) is 3. The predicted molar refractivity (Wildman–Crippen MR) is 81.8 cm³/mol. The Labute approximate surface area is 123 Å². The second-order valence-corrected chi connectivity index (χ2v) is 4.88. The Morgan fingerprint density at radius 1 is 1.19 bits per heavy atom. The number of para-hydroxylation sites is 1. The average molecular weight is 288 g/mol. The molecule has 0 atom stereocenters. The van der Waals surface area contributed by atoms with Gasteiger partial charge in [-0.05, 0) is 31.5 Å². The maximum atomic E-state index is 12.2. The van der Waals surface area contributed by atoms with Crippen LogP contribution in [-0.4, -0.2) is 29.5 Å². The number of amides is 2. The van der Waals surface area contributed by atoms with Crippen molar-refractivity contribution in [2.75, 3.05) is 13.1 Å². The Kier molecular flexibility index (Phi) is 4.94. The molecular weight excluding hydrogens is 268 g/mol. The lowest BCUT2D eigenvalue weighted by atomic mass is 10.2. The first-order valence-electron chi connectivity index (χ1n) is 6.98. The van der Waals surface area contributed by atoms with Crippen LogP contribution < -0.4 is 16.8 Å². The fraction of sp³-hybridized carbons (Fsp3) is 0.333. The smallest absolute Gasteiger partial charge is 0.268 e. The first-order chi connectivity index (χ1) is 10.1. The van der Waals surface area contributed by atoms with Crippen LogP contribution in [0.3, 0.4) is 0 Å². The molecule has 21 heavy (non-hydrogen) atoms. The fourth-order valence-corrected chi connectivity index (χ4v) is 2.31. The monoisotopic (exact) mass is 288 g/mol. The fourth-order valence-electron chi connectivity index (χ4n) is 2.31. The first-order valence-corrected chi connectivity index (χ1v) is 6.98. The number of nitrogens with zero attached hydrogens (tertiary/aromatic N) is 1. The number of hydrogen-bond acceptors (Lipinski definition) is 3. The number of carbonyl (C=O) groups excluding carboxylic acids is 2. The zero-order valence-electron chi connectivity index (χ0n) is 11.8. The third-order valence-electron chi connectivity index (χ3n) is 3.30. The number of primary amides is 1. The summed E-state index contributed by atoms with van der Waals surface area (Å²) in [6.07, 6.45) is 1.79. The topological polar surface area (TPSA) is 103 Å². The van der Waals surface area contributed by atoms with Gasteiger partial charge < -0.3 is 21.4 Å². The van der Waals surface area contributed by atoms with Gasteiger partial charge in [0.2, 0.25) is 5.91 Å². The van der Waals surface area contributed by atoms with Crippen LogP contribution in [0.1, 0.15) is 23.3 Å². The predicted octanol–water partition coefficient (Wildman–Crippen LogP) is 0.595. The lowest BCUT2D eigenvalue weighted by Gasteiger charge is -2.10. The van der Waals surface area contributed by atoms with Crippen LogP contribution in [0, 0.1) is 0 Å². The maximum absolute atomic E-state index is 12.2. The molecule has 5 N–H and O–H groups in total. The number of aryl methyl sites for hydroxylation is 1. The van der Waals surface area contributed by atoms with Gasteiger partial charge in [0.25, 0.3) is 5.91 Å². The quantitative estimate of drug-likeness (QED) is 0.650. The number of rotatable bonds is 7. The van der Waals surface area contributed by atoms with E-state index in [4.69, 9.17) is 11.5 Å². The van der Waals surface area contributed by atoms with Crippen molar-refractivity contribution in [3.05, 3.63) is 36.0 Å². The van der Waals surface area contributed by atoms with Crippen LogP contribution in [-0.2, 0) is 11.3 Å². The van der Waals surface area contributed by atoms with Crippen LogP contribution in [0.25, 0.3) is 10.9 Å². The van der Waals surface area contributed by atoms with E-state index in [1.54, 1.807) is 0 Å². The zero-order chi connectivity index (χ0) is 15.2. The van der Waals surface area contributed by atoms with E-state index in [0.29, 0.717) is 18.8 Å². The molecule has 1 heterocycles. The van der Waals surface area contributed by atoms with E-state index in [9.17, 15) is 9.59 Å². The summed E-state index contributed by atoms with van der Waals surface area (Å²) in [5.74, 6) is -0.855. The van der Waals surface area contributed by atoms with Gasteiger partial charge in [0.05, 0.1) is 6.54 Å². The summed E-state index contributed by atoms with van der Waals surface area (Å²) >= 11 is 0. The normalized spacial score (nSPS) is 10.7. The van der Waals surface area contributed by atoms with Gasteiger partial charge in [0, 0.05) is 17.4 Å². The molecule has 112 valence electrons. The number of nitrogens with one attached hydrogen (secondary N) is 1. The summed E-state index contributed by atoms with van der Waals surface area (Å²) in [5, 5.41) is 3.53. The number of fused-ring (bicyclic) bond motifs is 1. The van der Waals surface area contributed by atoms with Crippen LogP contribution in [0.5, 0.6) is 0 Å². The molecule has 1 aromatic carbocycles. The van der Waals surface area contributed by atoms with Crippen molar-refractivity contribution in [1.82, 2.24) is 9.88 Å². The maximum Gasteiger partial charge on any atom is 0.268 e. The SMILES string of the molecule is NCCCCn1c(C(=O)NCC(N)=O)cc2ccccc21. The minimum Gasteiger partial charge on any atom is -0.368 e. The molecule has 0 aliphatic heterocycles. The van der Waals surface area contributed by atoms with E-state index < -0.39 is 5.91 Å². The minimum absolute atomic E-state index is 0.164. The van der Waals surface area contributed by atoms with Crippen molar-refractivity contribution in [3.8, 4) is 0 Å².